The van der Waals surface area contributed by atoms with Crippen LogP contribution in [0.25, 0.3) is 10.9 Å². The molecule has 2 amide bonds. The van der Waals surface area contributed by atoms with Crippen LogP contribution < -0.4 is 0 Å². The second-order valence-electron chi connectivity index (χ2n) is 8.03. The Morgan fingerprint density at radius 3 is 2.48 bits per heavy atom. The number of hydrogen-bond donors (Lipinski definition) is 1. The van der Waals surface area contributed by atoms with Gasteiger partial charge in [-0.3, -0.25) is 14.5 Å². The standard InChI is InChI=1S/C24H27FN4O2/c1-27(16-18-6-2-4-8-21(18)25)24(31)17-28-10-12-29(13-11-28)23(30)14-19-15-26-22-9-5-3-7-20(19)22/h2-9,15,26H,10-14,16-17H2,1H3. The van der Waals surface area contributed by atoms with Gasteiger partial charge in [0.25, 0.3) is 0 Å². The molecular formula is C24H27FN4O2. The smallest absolute Gasteiger partial charge is 0.236 e. The molecule has 0 saturated carbocycles. The van der Waals surface area contributed by atoms with Crippen LogP contribution in [0.15, 0.2) is 54.7 Å². The van der Waals surface area contributed by atoms with E-state index in [9.17, 15) is 14.0 Å². The van der Waals surface area contributed by atoms with Crippen LogP contribution in [-0.4, -0.2) is 71.3 Å². The van der Waals surface area contributed by atoms with Gasteiger partial charge in [0.1, 0.15) is 5.82 Å². The van der Waals surface area contributed by atoms with Crippen molar-refractivity contribution in [1.29, 1.82) is 0 Å². The van der Waals surface area contributed by atoms with Crippen molar-refractivity contribution in [2.24, 2.45) is 0 Å². The number of rotatable bonds is 6. The minimum Gasteiger partial charge on any atom is -0.361 e. The van der Waals surface area contributed by atoms with Gasteiger partial charge < -0.3 is 14.8 Å². The first-order valence-corrected chi connectivity index (χ1v) is 10.5. The molecule has 31 heavy (non-hydrogen) atoms. The van der Waals surface area contributed by atoms with E-state index in [4.69, 9.17) is 0 Å². The molecule has 1 aliphatic heterocycles. The molecule has 0 spiro atoms. The van der Waals surface area contributed by atoms with Crippen molar-refractivity contribution in [2.45, 2.75) is 13.0 Å². The Morgan fingerprint density at radius 2 is 1.71 bits per heavy atom. The highest BCUT2D eigenvalue weighted by molar-refractivity contribution is 5.89. The second kappa shape index (κ2) is 9.31. The SMILES string of the molecule is CN(Cc1ccccc1F)C(=O)CN1CCN(C(=O)Cc2c[nH]c3ccccc23)CC1. The van der Waals surface area contributed by atoms with E-state index in [1.165, 1.54) is 6.07 Å². The quantitative estimate of drug-likeness (QED) is 0.665. The van der Waals surface area contributed by atoms with Crippen molar-refractivity contribution in [3.63, 3.8) is 0 Å². The number of likely N-dealkylation sites (N-methyl/N-ethyl adjacent to an activating group) is 1. The molecule has 1 aromatic heterocycles. The van der Waals surface area contributed by atoms with Gasteiger partial charge in [-0.1, -0.05) is 36.4 Å². The van der Waals surface area contributed by atoms with Crippen LogP contribution in [0, 0.1) is 5.82 Å². The monoisotopic (exact) mass is 422 g/mol. The summed E-state index contributed by atoms with van der Waals surface area (Å²) in [6.07, 6.45) is 2.28. The van der Waals surface area contributed by atoms with Crippen molar-refractivity contribution in [3.8, 4) is 0 Å². The van der Waals surface area contributed by atoms with E-state index in [2.05, 4.69) is 9.88 Å². The molecule has 2 heterocycles. The molecule has 3 aromatic rings. The van der Waals surface area contributed by atoms with Crippen LogP contribution >= 0.6 is 0 Å². The Kier molecular flexibility index (Phi) is 6.32. The molecule has 1 aliphatic rings. The molecular weight excluding hydrogens is 395 g/mol. The number of amides is 2. The lowest BCUT2D eigenvalue weighted by atomic mass is 10.1. The van der Waals surface area contributed by atoms with E-state index in [1.807, 2.05) is 35.4 Å². The van der Waals surface area contributed by atoms with Gasteiger partial charge in [-0.25, -0.2) is 4.39 Å². The lowest BCUT2D eigenvalue weighted by molar-refractivity contribution is -0.134. The Bertz CT molecular complexity index is 1070. The van der Waals surface area contributed by atoms with Crippen LogP contribution in [0.5, 0.6) is 0 Å². The number of nitrogens with zero attached hydrogens (tertiary/aromatic N) is 3. The van der Waals surface area contributed by atoms with Crippen molar-refractivity contribution < 1.29 is 14.0 Å². The van der Waals surface area contributed by atoms with Crippen LogP contribution in [0.4, 0.5) is 4.39 Å². The second-order valence-corrected chi connectivity index (χ2v) is 8.03. The highest BCUT2D eigenvalue weighted by Crippen LogP contribution is 2.19. The number of carbonyl (C=O) groups excluding carboxylic acids is 2. The minimum atomic E-state index is -0.301. The maximum atomic E-state index is 13.8. The summed E-state index contributed by atoms with van der Waals surface area (Å²) in [5.41, 5.74) is 2.55. The Hall–Kier alpha value is -3.19. The summed E-state index contributed by atoms with van der Waals surface area (Å²) >= 11 is 0. The number of benzene rings is 2. The average Bonchev–Trinajstić information content (AvgIpc) is 3.18. The molecule has 0 unspecified atom stereocenters. The predicted octanol–water partition coefficient (Wildman–Crippen LogP) is 2.65. The average molecular weight is 423 g/mol. The number of piperazine rings is 1. The molecule has 2 aromatic carbocycles. The van der Waals surface area contributed by atoms with Crippen LogP contribution in [0.1, 0.15) is 11.1 Å². The van der Waals surface area contributed by atoms with Crippen LogP contribution in [0.2, 0.25) is 0 Å². The van der Waals surface area contributed by atoms with E-state index >= 15 is 0 Å². The Morgan fingerprint density at radius 1 is 1.00 bits per heavy atom. The number of para-hydroxylation sites is 1. The number of halogens is 1. The molecule has 1 saturated heterocycles. The van der Waals surface area contributed by atoms with E-state index in [0.29, 0.717) is 38.2 Å². The Labute approximate surface area is 181 Å². The fraction of sp³-hybridized carbons (Fsp3) is 0.333. The number of aromatic nitrogens is 1. The molecule has 6 nitrogen and oxygen atoms in total. The van der Waals surface area contributed by atoms with Gasteiger partial charge in [-0.05, 0) is 17.7 Å². The fourth-order valence-electron chi connectivity index (χ4n) is 3.99. The zero-order valence-electron chi connectivity index (χ0n) is 17.7. The van der Waals surface area contributed by atoms with Crippen LogP contribution in [-0.2, 0) is 22.6 Å². The number of hydrogen-bond acceptors (Lipinski definition) is 3. The maximum absolute atomic E-state index is 13.8. The normalized spacial score (nSPS) is 14.7. The maximum Gasteiger partial charge on any atom is 0.236 e. The van der Waals surface area contributed by atoms with Crippen molar-refractivity contribution in [2.75, 3.05) is 39.8 Å². The molecule has 0 atom stereocenters. The number of H-pyrrole nitrogens is 1. The van der Waals surface area contributed by atoms with E-state index < -0.39 is 0 Å². The molecule has 0 aliphatic carbocycles. The van der Waals surface area contributed by atoms with E-state index in [1.54, 1.807) is 30.1 Å². The first-order chi connectivity index (χ1) is 15.0. The summed E-state index contributed by atoms with van der Waals surface area (Å²) < 4.78 is 13.8. The topological polar surface area (TPSA) is 59.7 Å². The van der Waals surface area contributed by atoms with E-state index in [0.717, 1.165) is 16.5 Å². The summed E-state index contributed by atoms with van der Waals surface area (Å²) in [5, 5.41) is 1.08. The summed E-state index contributed by atoms with van der Waals surface area (Å²) in [5.74, 6) is -0.251. The summed E-state index contributed by atoms with van der Waals surface area (Å²) in [7, 11) is 1.69. The highest BCUT2D eigenvalue weighted by Gasteiger charge is 2.24. The predicted molar refractivity (Wildman–Crippen MR) is 118 cm³/mol. The van der Waals surface area contributed by atoms with Gasteiger partial charge in [0.05, 0.1) is 13.0 Å². The molecule has 0 radical (unpaired) electrons. The molecule has 1 N–H and O–H groups in total. The fourth-order valence-corrected chi connectivity index (χ4v) is 3.99. The van der Waals surface area contributed by atoms with Crippen molar-refractivity contribution in [1.82, 2.24) is 19.7 Å². The zero-order chi connectivity index (χ0) is 21.8. The molecule has 7 heteroatoms. The molecule has 1 fully saturated rings. The first kappa shape index (κ1) is 21.1. The zero-order valence-corrected chi connectivity index (χ0v) is 17.7. The highest BCUT2D eigenvalue weighted by atomic mass is 19.1. The summed E-state index contributed by atoms with van der Waals surface area (Å²) in [6, 6.07) is 14.5. The van der Waals surface area contributed by atoms with Gasteiger partial charge in [0.2, 0.25) is 11.8 Å². The van der Waals surface area contributed by atoms with Crippen molar-refractivity contribution >= 4 is 22.7 Å². The van der Waals surface area contributed by atoms with Gasteiger partial charge in [0, 0.05) is 62.4 Å². The number of nitrogens with one attached hydrogen (secondary N) is 1. The molecule has 4 rings (SSSR count). The lowest BCUT2D eigenvalue weighted by Gasteiger charge is -2.35. The van der Waals surface area contributed by atoms with Gasteiger partial charge >= 0.3 is 0 Å². The third kappa shape index (κ3) is 4.94. The third-order valence-electron chi connectivity index (χ3n) is 5.89. The van der Waals surface area contributed by atoms with Gasteiger partial charge in [-0.15, -0.1) is 0 Å². The molecule has 162 valence electrons. The summed E-state index contributed by atoms with van der Waals surface area (Å²) in [6.45, 7) is 3.03. The minimum absolute atomic E-state index is 0.0539. The van der Waals surface area contributed by atoms with Gasteiger partial charge in [0.15, 0.2) is 0 Å². The third-order valence-corrected chi connectivity index (χ3v) is 5.89. The first-order valence-electron chi connectivity index (χ1n) is 10.5. The largest absolute Gasteiger partial charge is 0.361 e. The summed E-state index contributed by atoms with van der Waals surface area (Å²) in [4.78, 5) is 34.0. The van der Waals surface area contributed by atoms with Crippen LogP contribution in [0.3, 0.4) is 0 Å². The van der Waals surface area contributed by atoms with E-state index in [-0.39, 0.29) is 30.7 Å². The number of carbonyl (C=O) groups is 2. The lowest BCUT2D eigenvalue weighted by Crippen LogP contribution is -2.51. The van der Waals surface area contributed by atoms with Crippen molar-refractivity contribution in [3.05, 3.63) is 71.7 Å². The van der Waals surface area contributed by atoms with Gasteiger partial charge in [-0.2, -0.15) is 0 Å². The number of aromatic amines is 1. The number of fused-ring (bicyclic) bond motifs is 1. The molecule has 0 bridgehead atoms. The Balaban J connectivity index is 1.26.